The van der Waals surface area contributed by atoms with Crippen molar-refractivity contribution in [3.8, 4) is 0 Å². The van der Waals surface area contributed by atoms with Crippen LogP contribution in [0, 0.1) is 0 Å². The van der Waals surface area contributed by atoms with Gasteiger partial charge in [-0.1, -0.05) is 0 Å². The summed E-state index contributed by atoms with van der Waals surface area (Å²) in [6.45, 7) is 8.35. The third-order valence-electron chi connectivity index (χ3n) is 2.24. The van der Waals surface area contributed by atoms with E-state index in [-0.39, 0.29) is 0 Å². The van der Waals surface area contributed by atoms with Crippen molar-refractivity contribution in [2.75, 3.05) is 59.4 Å². The van der Waals surface area contributed by atoms with Crippen LogP contribution in [-0.4, -0.2) is 64.3 Å². The third-order valence-corrected chi connectivity index (χ3v) is 2.24. The molecule has 1 saturated heterocycles. The number of rotatable bonds is 0. The number of hydrogen-bond acceptors (Lipinski definition) is 3. The van der Waals surface area contributed by atoms with Crippen LogP contribution in [-0.2, 0) is 14.7 Å². The Morgan fingerprint density at radius 1 is 0.941 bits per heavy atom. The van der Waals surface area contributed by atoms with Crippen LogP contribution in [0.2, 0.25) is 0 Å². The van der Waals surface area contributed by atoms with Crippen LogP contribution in [0.1, 0.15) is 0 Å². The first-order valence-electron chi connectivity index (χ1n) is 5.69. The van der Waals surface area contributed by atoms with E-state index >= 15 is 0 Å². The molecule has 102 valence electrons. The van der Waals surface area contributed by atoms with Crippen LogP contribution in [0.4, 0.5) is 0 Å². The molecule has 0 aliphatic carbocycles. The van der Waals surface area contributed by atoms with Crippen molar-refractivity contribution in [1.29, 1.82) is 0 Å². The van der Waals surface area contributed by atoms with Crippen LogP contribution >= 0.6 is 27.9 Å². The number of hydrogen-bond donors (Lipinski definition) is 2. The maximum atomic E-state index is 4.97. The molecule has 0 saturated carbocycles. The van der Waals surface area contributed by atoms with Gasteiger partial charge >= 0.3 is 42.6 Å². The SMILES string of the molecule is CN1CC[N-]CCNCCNCC1.[Cl][Ti+]([Cl])[Cl]. The molecule has 0 amide bonds. The Kier molecular flexibility index (Phi) is 15.0. The summed E-state index contributed by atoms with van der Waals surface area (Å²) in [6.07, 6.45) is 0. The molecular formula is C9H21Cl3N4Ti. The Balaban J connectivity index is 0.000000557. The second kappa shape index (κ2) is 13.8. The first-order valence-corrected chi connectivity index (χ1v) is 12.1. The Hall–Kier alpha value is 1.42. The molecule has 1 rings (SSSR count). The van der Waals surface area contributed by atoms with Gasteiger partial charge in [0.25, 0.3) is 0 Å². The van der Waals surface area contributed by atoms with Crippen molar-refractivity contribution < 1.29 is 14.7 Å². The maximum absolute atomic E-state index is 4.97. The minimum atomic E-state index is -1.92. The van der Waals surface area contributed by atoms with Gasteiger partial charge in [-0.15, -0.1) is 13.1 Å². The topological polar surface area (TPSA) is 41.4 Å². The number of halogens is 3. The average Bonchev–Trinajstić information content (AvgIpc) is 2.22. The van der Waals surface area contributed by atoms with Gasteiger partial charge in [0.2, 0.25) is 0 Å². The predicted molar refractivity (Wildman–Crippen MR) is 73.9 cm³/mol. The zero-order valence-corrected chi connectivity index (χ0v) is 14.0. The van der Waals surface area contributed by atoms with Gasteiger partial charge in [0, 0.05) is 26.2 Å². The fourth-order valence-corrected chi connectivity index (χ4v) is 1.32. The van der Waals surface area contributed by atoms with E-state index in [0.29, 0.717) is 0 Å². The van der Waals surface area contributed by atoms with E-state index < -0.39 is 14.7 Å². The molecule has 8 heteroatoms. The van der Waals surface area contributed by atoms with Gasteiger partial charge in [0.1, 0.15) is 0 Å². The Labute approximate surface area is 122 Å². The van der Waals surface area contributed by atoms with Crippen LogP contribution in [0.3, 0.4) is 0 Å². The molecule has 0 radical (unpaired) electrons. The zero-order chi connectivity index (χ0) is 12.9. The van der Waals surface area contributed by atoms with Crippen molar-refractivity contribution in [1.82, 2.24) is 15.5 Å². The summed E-state index contributed by atoms with van der Waals surface area (Å²) in [7, 11) is 17.1. The van der Waals surface area contributed by atoms with Gasteiger partial charge in [-0.25, -0.2) is 0 Å². The van der Waals surface area contributed by atoms with E-state index in [2.05, 4.69) is 27.9 Å². The normalized spacial score (nSPS) is 20.5. The molecule has 0 spiro atoms. The van der Waals surface area contributed by atoms with Gasteiger partial charge in [-0.05, 0) is 20.1 Å². The molecule has 17 heavy (non-hydrogen) atoms. The molecule has 1 fully saturated rings. The minimum absolute atomic E-state index is 0.952. The first-order chi connectivity index (χ1) is 8.13. The molecule has 0 atom stereocenters. The van der Waals surface area contributed by atoms with Gasteiger partial charge in [-0.2, -0.15) is 0 Å². The summed E-state index contributed by atoms with van der Waals surface area (Å²) in [5.74, 6) is 0. The molecule has 0 aromatic carbocycles. The Morgan fingerprint density at radius 3 is 2.18 bits per heavy atom. The molecule has 0 unspecified atom stereocenters. The van der Waals surface area contributed by atoms with Crippen LogP contribution < -0.4 is 10.6 Å². The van der Waals surface area contributed by atoms with Crippen LogP contribution in [0.25, 0.3) is 5.32 Å². The number of nitrogens with zero attached hydrogens (tertiary/aromatic N) is 2. The van der Waals surface area contributed by atoms with Crippen molar-refractivity contribution in [3.05, 3.63) is 5.32 Å². The Bertz CT molecular complexity index is 150. The van der Waals surface area contributed by atoms with Gasteiger partial charge in [0.05, 0.1) is 0 Å². The van der Waals surface area contributed by atoms with Crippen molar-refractivity contribution in [2.45, 2.75) is 0 Å². The molecule has 1 heterocycles. The van der Waals surface area contributed by atoms with E-state index in [1.54, 1.807) is 0 Å². The number of likely N-dealkylation sites (N-methyl/N-ethyl adjacent to an activating group) is 1. The van der Waals surface area contributed by atoms with E-state index in [1.807, 2.05) is 0 Å². The van der Waals surface area contributed by atoms with E-state index in [9.17, 15) is 0 Å². The van der Waals surface area contributed by atoms with Crippen molar-refractivity contribution in [2.24, 2.45) is 0 Å². The van der Waals surface area contributed by atoms with E-state index in [0.717, 1.165) is 52.4 Å². The fraction of sp³-hybridized carbons (Fsp3) is 1.00. The second-order valence-electron chi connectivity index (χ2n) is 3.69. The van der Waals surface area contributed by atoms with Crippen molar-refractivity contribution in [3.63, 3.8) is 0 Å². The molecule has 0 aromatic rings. The summed E-state index contributed by atoms with van der Waals surface area (Å²) in [4.78, 5) is 2.32. The molecule has 2 N–H and O–H groups in total. The molecule has 0 aromatic heterocycles. The van der Waals surface area contributed by atoms with Crippen LogP contribution in [0.5, 0.6) is 0 Å². The fourth-order valence-electron chi connectivity index (χ4n) is 1.32. The standard InChI is InChI=1S/C9H21N4.3ClH.Ti/c1-13-8-6-11-4-2-10-3-5-12-7-9-13;;;;/h10-11H,2-9H2,1H3;3*1H;/q-1;;;;+4/p-3. The van der Waals surface area contributed by atoms with Gasteiger partial charge in [0.15, 0.2) is 0 Å². The van der Waals surface area contributed by atoms with E-state index in [1.165, 1.54) is 0 Å². The summed E-state index contributed by atoms with van der Waals surface area (Å²) >= 11 is -1.92. The molecule has 0 bridgehead atoms. The quantitative estimate of drug-likeness (QED) is 0.658. The predicted octanol–water partition coefficient (Wildman–Crippen LogP) is 1.55. The summed E-state index contributed by atoms with van der Waals surface area (Å²) in [5.41, 5.74) is 0. The summed E-state index contributed by atoms with van der Waals surface area (Å²) in [5, 5.41) is 11.2. The molecular weight excluding hydrogens is 318 g/mol. The summed E-state index contributed by atoms with van der Waals surface area (Å²) in [6, 6.07) is 0. The van der Waals surface area contributed by atoms with Gasteiger partial charge in [-0.3, -0.25) is 0 Å². The molecule has 4 nitrogen and oxygen atoms in total. The number of nitrogens with one attached hydrogen (secondary N) is 2. The first kappa shape index (κ1) is 18.4. The monoisotopic (exact) mass is 338 g/mol. The Morgan fingerprint density at radius 2 is 1.53 bits per heavy atom. The van der Waals surface area contributed by atoms with Gasteiger partial charge < -0.3 is 20.9 Å². The third kappa shape index (κ3) is 17.4. The zero-order valence-electron chi connectivity index (χ0n) is 10.2. The van der Waals surface area contributed by atoms with E-state index in [4.69, 9.17) is 27.9 Å². The van der Waals surface area contributed by atoms with Crippen molar-refractivity contribution >= 4 is 27.9 Å². The second-order valence-corrected chi connectivity index (χ2v) is 11.4. The average molecular weight is 340 g/mol. The molecule has 1 aliphatic rings. The molecule has 1 aliphatic heterocycles. The van der Waals surface area contributed by atoms with Crippen LogP contribution in [0.15, 0.2) is 0 Å². The summed E-state index contributed by atoms with van der Waals surface area (Å²) < 4.78 is 0.